The molecule has 0 aliphatic heterocycles. The Morgan fingerprint density at radius 1 is 1.24 bits per heavy atom. The molecule has 1 aromatic heterocycles. The molecule has 2 aromatic rings. The van der Waals surface area contributed by atoms with Crippen LogP contribution in [-0.2, 0) is 6.54 Å². The normalized spacial score (nSPS) is 10.4. The molecule has 0 bridgehead atoms. The van der Waals surface area contributed by atoms with Crippen LogP contribution in [-0.4, -0.2) is 17.0 Å². The SMILES string of the molecule is CCOc1ccccc1-c1ccc(C(=N)N)c(=O)n1CC. The number of pyridine rings is 1. The Bertz CT molecular complexity index is 720. The van der Waals surface area contributed by atoms with Crippen LogP contribution in [0.5, 0.6) is 5.75 Å². The highest BCUT2D eigenvalue weighted by atomic mass is 16.5. The molecule has 0 spiro atoms. The maximum atomic E-state index is 12.4. The summed E-state index contributed by atoms with van der Waals surface area (Å²) in [6, 6.07) is 11.0. The highest BCUT2D eigenvalue weighted by Crippen LogP contribution is 2.29. The number of amidine groups is 1. The Labute approximate surface area is 123 Å². The van der Waals surface area contributed by atoms with Crippen molar-refractivity contribution < 1.29 is 4.74 Å². The summed E-state index contributed by atoms with van der Waals surface area (Å²) in [5, 5.41) is 7.47. The van der Waals surface area contributed by atoms with Crippen molar-refractivity contribution in [3.8, 4) is 17.0 Å². The lowest BCUT2D eigenvalue weighted by molar-refractivity contribution is 0.341. The second-order valence-electron chi connectivity index (χ2n) is 4.52. The van der Waals surface area contributed by atoms with Crippen LogP contribution in [0.15, 0.2) is 41.2 Å². The minimum absolute atomic E-state index is 0.216. The largest absolute Gasteiger partial charge is 0.493 e. The van der Waals surface area contributed by atoms with Gasteiger partial charge in [-0.05, 0) is 38.1 Å². The van der Waals surface area contributed by atoms with Gasteiger partial charge in [0.2, 0.25) is 0 Å². The van der Waals surface area contributed by atoms with Crippen LogP contribution in [0.1, 0.15) is 19.4 Å². The first-order chi connectivity index (χ1) is 10.1. The molecule has 0 aliphatic rings. The summed E-state index contributed by atoms with van der Waals surface area (Å²) in [6.07, 6.45) is 0. The fourth-order valence-electron chi connectivity index (χ4n) is 2.29. The van der Waals surface area contributed by atoms with E-state index in [9.17, 15) is 4.79 Å². The van der Waals surface area contributed by atoms with Crippen molar-refractivity contribution in [1.29, 1.82) is 5.41 Å². The third-order valence-corrected chi connectivity index (χ3v) is 3.24. The fraction of sp³-hybridized carbons (Fsp3) is 0.250. The molecule has 3 N–H and O–H groups in total. The fourth-order valence-corrected chi connectivity index (χ4v) is 2.29. The number of benzene rings is 1. The van der Waals surface area contributed by atoms with Gasteiger partial charge in [0, 0.05) is 12.1 Å². The van der Waals surface area contributed by atoms with Gasteiger partial charge in [0.1, 0.15) is 11.6 Å². The van der Waals surface area contributed by atoms with Crippen LogP contribution in [0, 0.1) is 5.41 Å². The summed E-state index contributed by atoms with van der Waals surface area (Å²) >= 11 is 0. The molecule has 0 atom stereocenters. The van der Waals surface area contributed by atoms with Gasteiger partial charge in [-0.25, -0.2) is 0 Å². The number of aromatic nitrogens is 1. The summed E-state index contributed by atoms with van der Waals surface area (Å²) in [4.78, 5) is 12.4. The molecule has 0 fully saturated rings. The van der Waals surface area contributed by atoms with Crippen LogP contribution >= 0.6 is 0 Å². The third-order valence-electron chi connectivity index (χ3n) is 3.24. The predicted octanol–water partition coefficient (Wildman–Crippen LogP) is 2.22. The number of ether oxygens (including phenoxy) is 1. The lowest BCUT2D eigenvalue weighted by Gasteiger charge is -2.15. The first-order valence-electron chi connectivity index (χ1n) is 6.90. The number of nitrogens with zero attached hydrogens (tertiary/aromatic N) is 1. The van der Waals surface area contributed by atoms with Crippen LogP contribution < -0.4 is 16.0 Å². The van der Waals surface area contributed by atoms with Gasteiger partial charge in [-0.2, -0.15) is 0 Å². The smallest absolute Gasteiger partial charge is 0.261 e. The minimum Gasteiger partial charge on any atom is -0.493 e. The average Bonchev–Trinajstić information content (AvgIpc) is 2.47. The summed E-state index contributed by atoms with van der Waals surface area (Å²) < 4.78 is 7.23. The Hall–Kier alpha value is -2.56. The zero-order valence-corrected chi connectivity index (χ0v) is 12.2. The van der Waals surface area contributed by atoms with Gasteiger partial charge >= 0.3 is 0 Å². The van der Waals surface area contributed by atoms with Gasteiger partial charge in [-0.3, -0.25) is 10.2 Å². The zero-order chi connectivity index (χ0) is 15.4. The highest BCUT2D eigenvalue weighted by Gasteiger charge is 2.14. The molecular formula is C16H19N3O2. The van der Waals surface area contributed by atoms with Gasteiger partial charge in [0.05, 0.1) is 17.9 Å². The van der Waals surface area contributed by atoms with Crippen molar-refractivity contribution in [3.05, 3.63) is 52.3 Å². The van der Waals surface area contributed by atoms with Crippen molar-refractivity contribution in [3.63, 3.8) is 0 Å². The number of para-hydroxylation sites is 1. The molecule has 5 heteroatoms. The van der Waals surface area contributed by atoms with Crippen LogP contribution in [0.3, 0.4) is 0 Å². The van der Waals surface area contributed by atoms with Crippen LogP contribution in [0.2, 0.25) is 0 Å². The van der Waals surface area contributed by atoms with Gasteiger partial charge in [-0.1, -0.05) is 12.1 Å². The zero-order valence-electron chi connectivity index (χ0n) is 12.2. The van der Waals surface area contributed by atoms with E-state index in [0.717, 1.165) is 17.0 Å². The van der Waals surface area contributed by atoms with Crippen molar-refractivity contribution in [2.45, 2.75) is 20.4 Å². The number of hydrogen-bond acceptors (Lipinski definition) is 3. The topological polar surface area (TPSA) is 81.1 Å². The number of nitrogens with one attached hydrogen (secondary N) is 1. The lowest BCUT2D eigenvalue weighted by Crippen LogP contribution is -2.30. The molecule has 5 nitrogen and oxygen atoms in total. The van der Waals surface area contributed by atoms with E-state index in [0.29, 0.717) is 13.2 Å². The number of nitrogens with two attached hydrogens (primary N) is 1. The van der Waals surface area contributed by atoms with Crippen molar-refractivity contribution in [2.24, 2.45) is 5.73 Å². The molecule has 0 radical (unpaired) electrons. The summed E-state index contributed by atoms with van der Waals surface area (Å²) in [7, 11) is 0. The van der Waals surface area contributed by atoms with E-state index >= 15 is 0 Å². The first kappa shape index (κ1) is 14.8. The van der Waals surface area contributed by atoms with Gasteiger partial charge < -0.3 is 15.0 Å². The second kappa shape index (κ2) is 6.26. The van der Waals surface area contributed by atoms with E-state index in [4.69, 9.17) is 15.9 Å². The molecule has 0 aliphatic carbocycles. The molecule has 0 unspecified atom stereocenters. The minimum atomic E-state index is -0.256. The summed E-state index contributed by atoms with van der Waals surface area (Å²) in [6.45, 7) is 4.86. The second-order valence-corrected chi connectivity index (χ2v) is 4.52. The van der Waals surface area contributed by atoms with E-state index in [1.165, 1.54) is 0 Å². The quantitative estimate of drug-likeness (QED) is 0.653. The predicted molar refractivity (Wildman–Crippen MR) is 84.0 cm³/mol. The maximum absolute atomic E-state index is 12.4. The number of hydrogen-bond donors (Lipinski definition) is 2. The van der Waals surface area contributed by atoms with Gasteiger partial charge in [-0.15, -0.1) is 0 Å². The van der Waals surface area contributed by atoms with Crippen molar-refractivity contribution in [1.82, 2.24) is 4.57 Å². The first-order valence-corrected chi connectivity index (χ1v) is 6.90. The Balaban J connectivity index is 2.68. The molecular weight excluding hydrogens is 266 g/mol. The standard InChI is InChI=1S/C16H19N3O2/c1-3-19-13(10-9-12(15(17)18)16(19)20)11-7-5-6-8-14(11)21-4-2/h5-10H,3-4H2,1-2H3,(H3,17,18). The average molecular weight is 285 g/mol. The van der Waals surface area contributed by atoms with E-state index in [-0.39, 0.29) is 17.0 Å². The van der Waals surface area contributed by atoms with E-state index in [1.54, 1.807) is 16.7 Å². The monoisotopic (exact) mass is 285 g/mol. The lowest BCUT2D eigenvalue weighted by atomic mass is 10.1. The molecule has 1 aromatic carbocycles. The molecule has 0 saturated heterocycles. The van der Waals surface area contributed by atoms with Crippen molar-refractivity contribution in [2.75, 3.05) is 6.61 Å². The molecule has 0 amide bonds. The number of nitrogen functional groups attached to an aromatic ring is 1. The summed E-state index contributed by atoms with van der Waals surface area (Å²) in [5.41, 5.74) is 7.03. The molecule has 0 saturated carbocycles. The highest BCUT2D eigenvalue weighted by molar-refractivity contribution is 5.94. The Morgan fingerprint density at radius 2 is 1.95 bits per heavy atom. The summed E-state index contributed by atoms with van der Waals surface area (Å²) in [5.74, 6) is 0.518. The third kappa shape index (κ3) is 2.81. The van der Waals surface area contributed by atoms with E-state index in [2.05, 4.69) is 0 Å². The Kier molecular flexibility index (Phi) is 4.42. The van der Waals surface area contributed by atoms with Gasteiger partial charge in [0.25, 0.3) is 5.56 Å². The number of rotatable bonds is 5. The van der Waals surface area contributed by atoms with E-state index < -0.39 is 0 Å². The van der Waals surface area contributed by atoms with Crippen molar-refractivity contribution >= 4 is 5.84 Å². The maximum Gasteiger partial charge on any atom is 0.261 e. The molecule has 110 valence electrons. The molecule has 21 heavy (non-hydrogen) atoms. The van der Waals surface area contributed by atoms with Crippen LogP contribution in [0.25, 0.3) is 11.3 Å². The molecule has 2 rings (SSSR count). The Morgan fingerprint density at radius 3 is 2.57 bits per heavy atom. The van der Waals surface area contributed by atoms with Crippen LogP contribution in [0.4, 0.5) is 0 Å². The van der Waals surface area contributed by atoms with Gasteiger partial charge in [0.15, 0.2) is 0 Å². The van der Waals surface area contributed by atoms with E-state index in [1.807, 2.05) is 38.1 Å². The molecule has 1 heterocycles.